The van der Waals surface area contributed by atoms with Gasteiger partial charge in [-0.15, -0.1) is 0 Å². The molecule has 0 spiro atoms. The number of nitrogens with one attached hydrogen (secondary N) is 1. The van der Waals surface area contributed by atoms with E-state index in [1.54, 1.807) is 4.90 Å². The van der Waals surface area contributed by atoms with Crippen molar-refractivity contribution in [2.75, 3.05) is 13.1 Å². The van der Waals surface area contributed by atoms with Crippen molar-refractivity contribution < 1.29 is 18.0 Å². The molecule has 1 amide bonds. The Hall–Kier alpha value is -1.56. The number of halogens is 3. The zero-order valence-electron chi connectivity index (χ0n) is 11.5. The fourth-order valence-electron chi connectivity index (χ4n) is 3.21. The van der Waals surface area contributed by atoms with E-state index in [2.05, 4.69) is 5.32 Å². The lowest BCUT2D eigenvalue weighted by molar-refractivity contribution is -0.138. The van der Waals surface area contributed by atoms with Crippen LogP contribution in [0.2, 0.25) is 0 Å². The molecule has 3 nitrogen and oxygen atoms in total. The number of rotatable bonds is 1. The molecule has 0 aromatic heterocycles. The molecule has 0 saturated carbocycles. The van der Waals surface area contributed by atoms with E-state index < -0.39 is 17.6 Å². The normalized spacial score (nSPS) is 25.8. The first kappa shape index (κ1) is 14.4. The van der Waals surface area contributed by atoms with Gasteiger partial charge in [-0.1, -0.05) is 12.1 Å². The molecule has 3 rings (SSSR count). The Morgan fingerprint density at radius 3 is 2.62 bits per heavy atom. The Morgan fingerprint density at radius 2 is 1.86 bits per heavy atom. The van der Waals surface area contributed by atoms with Crippen molar-refractivity contribution in [2.45, 2.75) is 37.5 Å². The Morgan fingerprint density at radius 1 is 1.14 bits per heavy atom. The molecule has 21 heavy (non-hydrogen) atoms. The summed E-state index contributed by atoms with van der Waals surface area (Å²) in [6.45, 7) is 1.00. The van der Waals surface area contributed by atoms with Crippen LogP contribution in [0.1, 0.15) is 35.2 Å². The van der Waals surface area contributed by atoms with Crippen molar-refractivity contribution in [3.05, 3.63) is 35.4 Å². The molecule has 1 aromatic rings. The van der Waals surface area contributed by atoms with Gasteiger partial charge < -0.3 is 10.2 Å². The van der Waals surface area contributed by atoms with Gasteiger partial charge in [-0.2, -0.15) is 13.2 Å². The number of fused-ring (bicyclic) bond motifs is 2. The first-order valence-corrected chi connectivity index (χ1v) is 7.16. The van der Waals surface area contributed by atoms with Gasteiger partial charge in [-0.3, -0.25) is 4.79 Å². The highest BCUT2D eigenvalue weighted by atomic mass is 19.4. The number of alkyl halides is 3. The molecule has 2 saturated heterocycles. The number of hydrogen-bond donors (Lipinski definition) is 1. The van der Waals surface area contributed by atoms with Crippen molar-refractivity contribution in [3.8, 4) is 0 Å². The third kappa shape index (κ3) is 2.90. The van der Waals surface area contributed by atoms with Gasteiger partial charge in [0.2, 0.25) is 0 Å². The maximum Gasteiger partial charge on any atom is 0.417 e. The van der Waals surface area contributed by atoms with Gasteiger partial charge in [0.15, 0.2) is 0 Å². The summed E-state index contributed by atoms with van der Waals surface area (Å²) in [6.07, 6.45) is -1.63. The Labute approximate surface area is 121 Å². The van der Waals surface area contributed by atoms with Gasteiger partial charge in [0.1, 0.15) is 0 Å². The summed E-state index contributed by atoms with van der Waals surface area (Å²) in [4.78, 5) is 14.1. The molecule has 114 valence electrons. The van der Waals surface area contributed by atoms with Gasteiger partial charge in [-0.05, 0) is 31.4 Å². The number of benzene rings is 1. The monoisotopic (exact) mass is 298 g/mol. The van der Waals surface area contributed by atoms with Crippen LogP contribution in [-0.4, -0.2) is 36.0 Å². The first-order valence-electron chi connectivity index (χ1n) is 7.16. The molecule has 2 atom stereocenters. The van der Waals surface area contributed by atoms with Gasteiger partial charge in [0.25, 0.3) is 5.91 Å². The molecule has 0 aliphatic carbocycles. The van der Waals surface area contributed by atoms with Gasteiger partial charge in [0, 0.05) is 25.2 Å². The minimum atomic E-state index is -4.50. The van der Waals surface area contributed by atoms with E-state index in [9.17, 15) is 18.0 Å². The van der Waals surface area contributed by atoms with Gasteiger partial charge >= 0.3 is 6.18 Å². The smallest absolute Gasteiger partial charge is 0.337 e. The topological polar surface area (TPSA) is 32.3 Å². The fourth-order valence-corrected chi connectivity index (χ4v) is 3.21. The fraction of sp³-hybridized carbons (Fsp3) is 0.533. The third-order valence-electron chi connectivity index (χ3n) is 4.27. The summed E-state index contributed by atoms with van der Waals surface area (Å²) in [5.41, 5.74) is -1.10. The second-order valence-electron chi connectivity index (χ2n) is 5.72. The van der Waals surface area contributed by atoms with Crippen molar-refractivity contribution in [2.24, 2.45) is 0 Å². The van der Waals surface area contributed by atoms with E-state index in [1.807, 2.05) is 0 Å². The average molecular weight is 298 g/mol. The van der Waals surface area contributed by atoms with E-state index in [-0.39, 0.29) is 11.6 Å². The number of hydrogen-bond acceptors (Lipinski definition) is 2. The quantitative estimate of drug-likeness (QED) is 0.864. The highest BCUT2D eigenvalue weighted by molar-refractivity contribution is 5.96. The van der Waals surface area contributed by atoms with Crippen molar-refractivity contribution in [3.63, 3.8) is 0 Å². The first-order chi connectivity index (χ1) is 9.95. The van der Waals surface area contributed by atoms with Crippen LogP contribution in [0.5, 0.6) is 0 Å². The van der Waals surface area contributed by atoms with E-state index in [4.69, 9.17) is 0 Å². The van der Waals surface area contributed by atoms with Crippen LogP contribution in [-0.2, 0) is 6.18 Å². The molecule has 0 radical (unpaired) electrons. The van der Waals surface area contributed by atoms with Crippen molar-refractivity contribution >= 4 is 5.91 Å². The summed E-state index contributed by atoms with van der Waals surface area (Å²) in [5, 5.41) is 3.42. The molecule has 1 aromatic carbocycles. The van der Waals surface area contributed by atoms with Crippen LogP contribution in [0.3, 0.4) is 0 Å². The largest absolute Gasteiger partial charge is 0.417 e. The maximum absolute atomic E-state index is 13.0. The van der Waals surface area contributed by atoms with Crippen LogP contribution >= 0.6 is 0 Å². The van der Waals surface area contributed by atoms with Crippen LogP contribution in [0.15, 0.2) is 24.3 Å². The average Bonchev–Trinajstić information content (AvgIpc) is 2.77. The molecule has 1 N–H and O–H groups in total. The number of amides is 1. The standard InChI is InChI=1S/C15H17F3N2O/c16-15(17,18)13-4-2-1-3-12(13)14(21)20-8-7-10-5-6-11(9-20)19-10/h1-4,10-11,19H,5-9H2. The maximum atomic E-state index is 13.0. The van der Waals surface area contributed by atoms with Crippen molar-refractivity contribution in [1.82, 2.24) is 10.2 Å². The van der Waals surface area contributed by atoms with Crippen LogP contribution < -0.4 is 5.32 Å². The predicted molar refractivity (Wildman–Crippen MR) is 71.9 cm³/mol. The van der Waals surface area contributed by atoms with Gasteiger partial charge in [0.05, 0.1) is 11.1 Å². The number of carbonyl (C=O) groups excluding carboxylic acids is 1. The highest BCUT2D eigenvalue weighted by Gasteiger charge is 2.37. The van der Waals surface area contributed by atoms with E-state index >= 15 is 0 Å². The molecule has 2 heterocycles. The summed E-state index contributed by atoms with van der Waals surface area (Å²) in [5.74, 6) is -0.516. The lowest BCUT2D eigenvalue weighted by atomic mass is 10.0. The van der Waals surface area contributed by atoms with Crippen LogP contribution in [0.25, 0.3) is 0 Å². The second kappa shape index (κ2) is 5.33. The lowest BCUT2D eigenvalue weighted by Gasteiger charge is -2.25. The molecule has 2 unspecified atom stereocenters. The number of likely N-dealkylation sites (tertiary alicyclic amines) is 1. The SMILES string of the molecule is O=C(c1ccccc1C(F)(F)F)N1CCC2CCC(C1)N2. The molecule has 2 fully saturated rings. The van der Waals surface area contributed by atoms with E-state index in [0.29, 0.717) is 19.1 Å². The molecule has 2 bridgehead atoms. The number of carbonyl (C=O) groups is 1. The van der Waals surface area contributed by atoms with Crippen LogP contribution in [0, 0.1) is 0 Å². The Bertz CT molecular complexity index is 544. The van der Waals surface area contributed by atoms with Gasteiger partial charge in [-0.25, -0.2) is 0 Å². The predicted octanol–water partition coefficient (Wildman–Crippen LogP) is 2.67. The summed E-state index contributed by atoms with van der Waals surface area (Å²) < 4.78 is 39.1. The zero-order valence-corrected chi connectivity index (χ0v) is 11.5. The zero-order chi connectivity index (χ0) is 15.0. The molecular formula is C15H17F3N2O. The Balaban J connectivity index is 1.85. The molecule has 2 aliphatic heterocycles. The lowest BCUT2D eigenvalue weighted by Crippen LogP contribution is -2.39. The summed E-state index contributed by atoms with van der Waals surface area (Å²) >= 11 is 0. The molecule has 2 aliphatic rings. The summed E-state index contributed by atoms with van der Waals surface area (Å²) in [7, 11) is 0. The highest BCUT2D eigenvalue weighted by Crippen LogP contribution is 2.33. The Kier molecular flexibility index (Phi) is 3.65. The van der Waals surface area contributed by atoms with E-state index in [0.717, 1.165) is 25.3 Å². The number of nitrogens with zero attached hydrogens (tertiary/aromatic N) is 1. The second-order valence-corrected chi connectivity index (χ2v) is 5.72. The van der Waals surface area contributed by atoms with Crippen LogP contribution in [0.4, 0.5) is 13.2 Å². The molecular weight excluding hydrogens is 281 g/mol. The molecule has 6 heteroatoms. The minimum Gasteiger partial charge on any atom is -0.337 e. The minimum absolute atomic E-state index is 0.208. The van der Waals surface area contributed by atoms with E-state index in [1.165, 1.54) is 18.2 Å². The van der Waals surface area contributed by atoms with Crippen molar-refractivity contribution in [1.29, 1.82) is 0 Å². The summed E-state index contributed by atoms with van der Waals surface area (Å²) in [6, 6.07) is 5.62. The third-order valence-corrected chi connectivity index (χ3v) is 4.27.